The van der Waals surface area contributed by atoms with Gasteiger partial charge >= 0.3 is 5.97 Å². The standard InChI is InChI=1S/C18H22Cl2O8/c1-3-9(2)17(25)10-4-5-13(16(20)15(10)19)27-8-14(24)28-7-12(23)18(26)11(22)6-21/h4-5,11-12,18,21-23,26H,2-3,6-8H2,1H3/t11-,12+,18-/m1/s1. The van der Waals surface area contributed by atoms with E-state index in [1.807, 2.05) is 0 Å². The van der Waals surface area contributed by atoms with Gasteiger partial charge in [0, 0.05) is 5.56 Å². The molecule has 0 saturated heterocycles. The fourth-order valence-corrected chi connectivity index (χ4v) is 2.45. The number of carbonyl (C=O) groups excluding carboxylic acids is 2. The quantitative estimate of drug-likeness (QED) is 0.230. The molecule has 8 nitrogen and oxygen atoms in total. The molecule has 0 bridgehead atoms. The van der Waals surface area contributed by atoms with Crippen molar-refractivity contribution in [2.45, 2.75) is 31.7 Å². The van der Waals surface area contributed by atoms with E-state index in [1.165, 1.54) is 12.1 Å². The monoisotopic (exact) mass is 436 g/mol. The Kier molecular flexibility index (Phi) is 9.88. The highest BCUT2D eigenvalue weighted by Crippen LogP contribution is 2.35. The van der Waals surface area contributed by atoms with Crippen LogP contribution in [0, 0.1) is 0 Å². The third-order valence-corrected chi connectivity index (χ3v) is 4.64. The highest BCUT2D eigenvalue weighted by Gasteiger charge is 2.25. The Morgan fingerprint density at radius 1 is 1.14 bits per heavy atom. The van der Waals surface area contributed by atoms with Gasteiger partial charge in [0.05, 0.1) is 11.6 Å². The number of hydrogen-bond acceptors (Lipinski definition) is 8. The number of aliphatic hydroxyl groups is 4. The second-order valence-electron chi connectivity index (χ2n) is 5.81. The molecule has 1 aromatic carbocycles. The van der Waals surface area contributed by atoms with Crippen LogP contribution >= 0.6 is 23.2 Å². The van der Waals surface area contributed by atoms with Gasteiger partial charge < -0.3 is 29.9 Å². The van der Waals surface area contributed by atoms with Gasteiger partial charge in [0.15, 0.2) is 12.4 Å². The lowest BCUT2D eigenvalue weighted by molar-refractivity contribution is -0.154. The van der Waals surface area contributed by atoms with Gasteiger partial charge in [0.25, 0.3) is 0 Å². The Labute approximate surface area is 171 Å². The van der Waals surface area contributed by atoms with E-state index >= 15 is 0 Å². The Morgan fingerprint density at radius 2 is 1.79 bits per heavy atom. The summed E-state index contributed by atoms with van der Waals surface area (Å²) in [4.78, 5) is 23.9. The van der Waals surface area contributed by atoms with E-state index in [0.29, 0.717) is 12.0 Å². The molecule has 1 aromatic rings. The molecule has 0 fully saturated rings. The predicted octanol–water partition coefficient (Wildman–Crippen LogP) is 1.14. The molecule has 0 aliphatic carbocycles. The number of allylic oxidation sites excluding steroid dienone is 1. The number of rotatable bonds is 11. The number of ketones is 1. The van der Waals surface area contributed by atoms with Crippen LogP contribution < -0.4 is 4.74 Å². The van der Waals surface area contributed by atoms with Crippen LogP contribution in [0.25, 0.3) is 0 Å². The van der Waals surface area contributed by atoms with Gasteiger partial charge in [0.2, 0.25) is 0 Å². The lowest BCUT2D eigenvalue weighted by atomic mass is 10.0. The SMILES string of the molecule is C=C(CC)C(=O)c1ccc(OCC(=O)OC[C@H](O)[C@H](O)[C@H](O)CO)c(Cl)c1Cl. The summed E-state index contributed by atoms with van der Waals surface area (Å²) < 4.78 is 9.92. The van der Waals surface area contributed by atoms with Crippen molar-refractivity contribution in [2.75, 3.05) is 19.8 Å². The van der Waals surface area contributed by atoms with Crippen LogP contribution in [-0.2, 0) is 9.53 Å². The molecule has 0 aliphatic rings. The molecule has 0 saturated carbocycles. The maximum absolute atomic E-state index is 12.2. The van der Waals surface area contributed by atoms with E-state index in [2.05, 4.69) is 6.58 Å². The van der Waals surface area contributed by atoms with Crippen molar-refractivity contribution in [3.8, 4) is 5.75 Å². The molecule has 28 heavy (non-hydrogen) atoms. The summed E-state index contributed by atoms with van der Waals surface area (Å²) in [5.74, 6) is -1.20. The molecule has 0 radical (unpaired) electrons. The molecule has 4 N–H and O–H groups in total. The topological polar surface area (TPSA) is 134 Å². The zero-order chi connectivity index (χ0) is 21.4. The van der Waals surface area contributed by atoms with Crippen molar-refractivity contribution in [2.24, 2.45) is 0 Å². The smallest absolute Gasteiger partial charge is 0.344 e. The summed E-state index contributed by atoms with van der Waals surface area (Å²) in [6.07, 6.45) is -4.40. The average molecular weight is 437 g/mol. The summed E-state index contributed by atoms with van der Waals surface area (Å²) in [6, 6.07) is 2.77. The molecule has 156 valence electrons. The first-order valence-corrected chi connectivity index (χ1v) is 9.03. The minimum Gasteiger partial charge on any atom is -0.480 e. The van der Waals surface area contributed by atoms with Gasteiger partial charge in [-0.05, 0) is 24.1 Å². The zero-order valence-electron chi connectivity index (χ0n) is 15.1. The summed E-state index contributed by atoms with van der Waals surface area (Å²) in [6.45, 7) is 3.46. The van der Waals surface area contributed by atoms with Gasteiger partial charge in [-0.25, -0.2) is 4.79 Å². The highest BCUT2D eigenvalue weighted by molar-refractivity contribution is 6.45. The van der Waals surface area contributed by atoms with Crippen LogP contribution in [0.5, 0.6) is 5.75 Å². The number of ether oxygens (including phenoxy) is 2. The minimum atomic E-state index is -1.69. The third-order valence-electron chi connectivity index (χ3n) is 3.78. The Balaban J connectivity index is 2.65. The molecule has 0 aromatic heterocycles. The van der Waals surface area contributed by atoms with E-state index in [1.54, 1.807) is 6.92 Å². The Hall–Kier alpha value is -1.68. The Morgan fingerprint density at radius 3 is 2.36 bits per heavy atom. The van der Waals surface area contributed by atoms with Crippen molar-refractivity contribution in [3.63, 3.8) is 0 Å². The van der Waals surface area contributed by atoms with Crippen molar-refractivity contribution in [3.05, 3.63) is 39.9 Å². The second kappa shape index (κ2) is 11.4. The summed E-state index contributed by atoms with van der Waals surface area (Å²) in [5, 5.41) is 36.8. The van der Waals surface area contributed by atoms with E-state index in [4.69, 9.17) is 37.8 Å². The van der Waals surface area contributed by atoms with Crippen LogP contribution in [0.3, 0.4) is 0 Å². The third kappa shape index (κ3) is 6.44. The first-order valence-electron chi connectivity index (χ1n) is 8.27. The van der Waals surface area contributed by atoms with Crippen molar-refractivity contribution in [1.29, 1.82) is 0 Å². The molecule has 3 atom stereocenters. The lowest BCUT2D eigenvalue weighted by Crippen LogP contribution is -2.42. The number of esters is 1. The predicted molar refractivity (Wildman–Crippen MR) is 102 cm³/mol. The fraction of sp³-hybridized carbons (Fsp3) is 0.444. The van der Waals surface area contributed by atoms with Crippen molar-refractivity contribution in [1.82, 2.24) is 0 Å². The Bertz CT molecular complexity index is 722. The largest absolute Gasteiger partial charge is 0.480 e. The number of aliphatic hydroxyl groups excluding tert-OH is 4. The number of Topliss-reactive ketones (excluding diaryl/α,β-unsaturated/α-hetero) is 1. The van der Waals surface area contributed by atoms with E-state index in [0.717, 1.165) is 0 Å². The number of hydrogen-bond donors (Lipinski definition) is 4. The number of benzene rings is 1. The lowest BCUT2D eigenvalue weighted by Gasteiger charge is -2.21. The van der Waals surface area contributed by atoms with E-state index in [9.17, 15) is 24.9 Å². The van der Waals surface area contributed by atoms with Gasteiger partial charge in [-0.2, -0.15) is 0 Å². The molecule has 0 aliphatic heterocycles. The summed E-state index contributed by atoms with van der Waals surface area (Å²) in [7, 11) is 0. The molecular formula is C18H22Cl2O8. The number of carbonyl (C=O) groups is 2. The van der Waals surface area contributed by atoms with Gasteiger partial charge in [-0.1, -0.05) is 36.7 Å². The zero-order valence-corrected chi connectivity index (χ0v) is 16.6. The van der Waals surface area contributed by atoms with Crippen LogP contribution in [0.1, 0.15) is 23.7 Å². The van der Waals surface area contributed by atoms with Crippen LogP contribution in [0.4, 0.5) is 0 Å². The van der Waals surface area contributed by atoms with E-state index in [-0.39, 0.29) is 27.1 Å². The molecule has 10 heteroatoms. The summed E-state index contributed by atoms with van der Waals surface area (Å²) >= 11 is 12.2. The van der Waals surface area contributed by atoms with Crippen molar-refractivity contribution < 1.29 is 39.5 Å². The van der Waals surface area contributed by atoms with Crippen LogP contribution in [0.2, 0.25) is 10.0 Å². The highest BCUT2D eigenvalue weighted by atomic mass is 35.5. The van der Waals surface area contributed by atoms with Gasteiger partial charge in [-0.3, -0.25) is 4.79 Å². The molecule has 0 spiro atoms. The summed E-state index contributed by atoms with van der Waals surface area (Å²) in [5.41, 5.74) is 0.523. The van der Waals surface area contributed by atoms with Crippen molar-refractivity contribution >= 4 is 35.0 Å². The minimum absolute atomic E-state index is 0.0383. The van der Waals surface area contributed by atoms with Crippen LogP contribution in [0.15, 0.2) is 24.3 Å². The molecule has 1 rings (SSSR count). The first kappa shape index (κ1) is 24.4. The second-order valence-corrected chi connectivity index (χ2v) is 6.56. The van der Waals surface area contributed by atoms with Crippen LogP contribution in [-0.4, -0.2) is 70.3 Å². The first-order chi connectivity index (χ1) is 13.1. The average Bonchev–Trinajstić information content (AvgIpc) is 2.70. The van der Waals surface area contributed by atoms with Gasteiger partial charge in [0.1, 0.15) is 35.7 Å². The molecular weight excluding hydrogens is 415 g/mol. The molecule has 0 heterocycles. The maximum atomic E-state index is 12.2. The maximum Gasteiger partial charge on any atom is 0.344 e. The van der Waals surface area contributed by atoms with E-state index < -0.39 is 44.1 Å². The molecule has 0 amide bonds. The fourth-order valence-electron chi connectivity index (χ4n) is 1.99. The number of halogens is 2. The molecule has 0 unspecified atom stereocenters. The van der Waals surface area contributed by atoms with Gasteiger partial charge in [-0.15, -0.1) is 0 Å². The normalized spacial score (nSPS) is 14.1.